The number of hydrogen-bond acceptors (Lipinski definition) is 3. The molecule has 0 unspecified atom stereocenters. The van der Waals surface area contributed by atoms with Gasteiger partial charge in [0.15, 0.2) is 0 Å². The van der Waals surface area contributed by atoms with Crippen LogP contribution in [0.4, 0.5) is 0 Å². The molecule has 1 aliphatic rings. The fraction of sp³-hybridized carbons (Fsp3) is 0.818. The summed E-state index contributed by atoms with van der Waals surface area (Å²) < 4.78 is 4.87. The molecule has 86 valence electrons. The van der Waals surface area contributed by atoms with E-state index in [9.17, 15) is 9.59 Å². The minimum Gasteiger partial charge on any atom is -0.384 e. The van der Waals surface area contributed by atoms with Gasteiger partial charge in [-0.05, 0) is 12.8 Å². The monoisotopic (exact) mass is 213 g/mol. The Morgan fingerprint density at radius 1 is 1.47 bits per heavy atom. The topological polar surface area (TPSA) is 46.6 Å². The van der Waals surface area contributed by atoms with E-state index < -0.39 is 0 Å². The molecule has 0 N–H and O–H groups in total. The number of carbonyl (C=O) groups excluding carboxylic acids is 2. The fourth-order valence-corrected chi connectivity index (χ4v) is 1.88. The van der Waals surface area contributed by atoms with Crippen LogP contribution in [0.3, 0.4) is 0 Å². The molecule has 0 aromatic carbocycles. The van der Waals surface area contributed by atoms with Gasteiger partial charge in [0.05, 0.1) is 13.0 Å². The van der Waals surface area contributed by atoms with Gasteiger partial charge >= 0.3 is 0 Å². The largest absolute Gasteiger partial charge is 0.384 e. The second-order valence-electron chi connectivity index (χ2n) is 4.02. The van der Waals surface area contributed by atoms with Gasteiger partial charge in [0.25, 0.3) is 0 Å². The SMILES string of the molecule is COCCC(=O)N(C)C1CCC(=O)CC1. The molecule has 0 radical (unpaired) electrons. The van der Waals surface area contributed by atoms with Gasteiger partial charge in [-0.2, -0.15) is 0 Å². The number of carbonyl (C=O) groups is 2. The van der Waals surface area contributed by atoms with Gasteiger partial charge in [-0.1, -0.05) is 0 Å². The highest BCUT2D eigenvalue weighted by Crippen LogP contribution is 2.19. The Labute approximate surface area is 90.6 Å². The Balaban J connectivity index is 2.35. The Morgan fingerprint density at radius 2 is 2.07 bits per heavy atom. The van der Waals surface area contributed by atoms with Crippen molar-refractivity contribution in [2.45, 2.75) is 38.1 Å². The maximum Gasteiger partial charge on any atom is 0.224 e. The highest BCUT2D eigenvalue weighted by atomic mass is 16.5. The average molecular weight is 213 g/mol. The number of ether oxygens (including phenoxy) is 1. The van der Waals surface area contributed by atoms with Crippen LogP contribution >= 0.6 is 0 Å². The zero-order chi connectivity index (χ0) is 11.3. The Morgan fingerprint density at radius 3 is 2.60 bits per heavy atom. The van der Waals surface area contributed by atoms with E-state index in [1.807, 2.05) is 7.05 Å². The van der Waals surface area contributed by atoms with Gasteiger partial charge in [0.1, 0.15) is 5.78 Å². The van der Waals surface area contributed by atoms with Crippen LogP contribution in [-0.2, 0) is 14.3 Å². The van der Waals surface area contributed by atoms with E-state index >= 15 is 0 Å². The van der Waals surface area contributed by atoms with Crippen molar-refractivity contribution < 1.29 is 14.3 Å². The molecule has 4 heteroatoms. The van der Waals surface area contributed by atoms with Crippen LogP contribution in [0, 0.1) is 0 Å². The summed E-state index contributed by atoms with van der Waals surface area (Å²) in [5, 5.41) is 0. The third-order valence-electron chi connectivity index (χ3n) is 2.97. The first-order valence-electron chi connectivity index (χ1n) is 5.41. The zero-order valence-corrected chi connectivity index (χ0v) is 9.49. The first kappa shape index (κ1) is 12.2. The molecule has 0 aromatic heterocycles. The van der Waals surface area contributed by atoms with Crippen molar-refractivity contribution in [1.82, 2.24) is 4.90 Å². The van der Waals surface area contributed by atoms with Crippen molar-refractivity contribution in [2.75, 3.05) is 20.8 Å². The lowest BCUT2D eigenvalue weighted by Gasteiger charge is -2.30. The van der Waals surface area contributed by atoms with Crippen LogP contribution < -0.4 is 0 Å². The van der Waals surface area contributed by atoms with E-state index in [4.69, 9.17) is 4.74 Å². The third kappa shape index (κ3) is 3.63. The van der Waals surface area contributed by atoms with Crippen molar-refractivity contribution in [1.29, 1.82) is 0 Å². The van der Waals surface area contributed by atoms with Crippen LogP contribution in [0.5, 0.6) is 0 Å². The lowest BCUT2D eigenvalue weighted by molar-refractivity contribution is -0.135. The maximum absolute atomic E-state index is 11.6. The number of ketones is 1. The average Bonchev–Trinajstić information content (AvgIpc) is 2.26. The summed E-state index contributed by atoms with van der Waals surface area (Å²) in [7, 11) is 3.41. The number of rotatable bonds is 4. The van der Waals surface area contributed by atoms with E-state index in [0.29, 0.717) is 31.7 Å². The minimum atomic E-state index is 0.108. The predicted octanol–water partition coefficient (Wildman–Crippen LogP) is 0.993. The van der Waals surface area contributed by atoms with Crippen molar-refractivity contribution in [3.8, 4) is 0 Å². The van der Waals surface area contributed by atoms with Crippen molar-refractivity contribution in [2.24, 2.45) is 0 Å². The van der Waals surface area contributed by atoms with E-state index in [1.54, 1.807) is 12.0 Å². The molecule has 0 spiro atoms. The molecular weight excluding hydrogens is 194 g/mol. The smallest absolute Gasteiger partial charge is 0.224 e. The molecule has 0 aliphatic heterocycles. The van der Waals surface area contributed by atoms with E-state index in [1.165, 1.54) is 0 Å². The molecule has 1 fully saturated rings. The second-order valence-corrected chi connectivity index (χ2v) is 4.02. The van der Waals surface area contributed by atoms with Gasteiger partial charge in [0.2, 0.25) is 5.91 Å². The molecule has 0 saturated heterocycles. The number of nitrogens with zero attached hydrogens (tertiary/aromatic N) is 1. The molecular formula is C11H19NO3. The highest BCUT2D eigenvalue weighted by molar-refractivity contribution is 5.80. The number of hydrogen-bond donors (Lipinski definition) is 0. The molecule has 0 bridgehead atoms. The molecule has 1 saturated carbocycles. The second kappa shape index (κ2) is 5.85. The lowest BCUT2D eigenvalue weighted by Crippen LogP contribution is -2.39. The number of amides is 1. The van der Waals surface area contributed by atoms with E-state index in [2.05, 4.69) is 0 Å². The number of Topliss-reactive ketones (excluding diaryl/α,β-unsaturated/α-hetero) is 1. The van der Waals surface area contributed by atoms with Crippen LogP contribution in [0.25, 0.3) is 0 Å². The van der Waals surface area contributed by atoms with Gasteiger partial charge in [-0.3, -0.25) is 9.59 Å². The van der Waals surface area contributed by atoms with E-state index in [-0.39, 0.29) is 11.9 Å². The van der Waals surface area contributed by atoms with Crippen LogP contribution in [0.2, 0.25) is 0 Å². The van der Waals surface area contributed by atoms with Crippen molar-refractivity contribution in [3.63, 3.8) is 0 Å². The Kier molecular flexibility index (Phi) is 4.75. The molecule has 0 atom stereocenters. The molecule has 1 amide bonds. The number of methoxy groups -OCH3 is 1. The van der Waals surface area contributed by atoms with Gasteiger partial charge < -0.3 is 9.64 Å². The Bertz CT molecular complexity index is 230. The van der Waals surface area contributed by atoms with Gasteiger partial charge in [-0.25, -0.2) is 0 Å². The summed E-state index contributed by atoms with van der Waals surface area (Å²) >= 11 is 0. The normalized spacial score (nSPS) is 17.9. The summed E-state index contributed by atoms with van der Waals surface area (Å²) in [6.45, 7) is 0.467. The molecule has 0 aromatic rings. The fourth-order valence-electron chi connectivity index (χ4n) is 1.88. The lowest BCUT2D eigenvalue weighted by atomic mass is 9.93. The van der Waals surface area contributed by atoms with Crippen LogP contribution in [0.1, 0.15) is 32.1 Å². The quantitative estimate of drug-likeness (QED) is 0.699. The van der Waals surface area contributed by atoms with Crippen LogP contribution in [-0.4, -0.2) is 43.4 Å². The summed E-state index contributed by atoms with van der Waals surface area (Å²) in [5.41, 5.74) is 0. The van der Waals surface area contributed by atoms with Crippen LogP contribution in [0.15, 0.2) is 0 Å². The maximum atomic E-state index is 11.6. The molecule has 0 heterocycles. The zero-order valence-electron chi connectivity index (χ0n) is 9.49. The molecule has 4 nitrogen and oxygen atoms in total. The van der Waals surface area contributed by atoms with Crippen molar-refractivity contribution >= 4 is 11.7 Å². The molecule has 15 heavy (non-hydrogen) atoms. The minimum absolute atomic E-state index is 0.108. The van der Waals surface area contributed by atoms with E-state index in [0.717, 1.165) is 12.8 Å². The highest BCUT2D eigenvalue weighted by Gasteiger charge is 2.24. The summed E-state index contributed by atoms with van der Waals surface area (Å²) in [6.07, 6.45) is 3.29. The summed E-state index contributed by atoms with van der Waals surface area (Å²) in [6, 6.07) is 0.243. The molecule has 1 aliphatic carbocycles. The third-order valence-corrected chi connectivity index (χ3v) is 2.97. The van der Waals surface area contributed by atoms with Crippen molar-refractivity contribution in [3.05, 3.63) is 0 Å². The first-order chi connectivity index (χ1) is 7.15. The van der Waals surface area contributed by atoms with Gasteiger partial charge in [-0.15, -0.1) is 0 Å². The molecule has 1 rings (SSSR count). The first-order valence-corrected chi connectivity index (χ1v) is 5.41. The summed E-state index contributed by atoms with van der Waals surface area (Å²) in [4.78, 5) is 24.5. The predicted molar refractivity (Wildman–Crippen MR) is 56.5 cm³/mol. The van der Waals surface area contributed by atoms with Gasteiger partial charge in [0, 0.05) is 33.0 Å². The Hall–Kier alpha value is -0.900. The standard InChI is InChI=1S/C11H19NO3/c1-12(11(14)7-8-15-2)9-3-5-10(13)6-4-9/h9H,3-8H2,1-2H3. The summed E-state index contributed by atoms with van der Waals surface area (Å²) in [5.74, 6) is 0.431.